The third-order valence-corrected chi connectivity index (χ3v) is 5.85. The predicted molar refractivity (Wildman–Crippen MR) is 105 cm³/mol. The summed E-state index contributed by atoms with van der Waals surface area (Å²) in [5, 5.41) is 0.846. The normalized spacial score (nSPS) is 18.7. The number of rotatable bonds is 2. The van der Waals surface area contributed by atoms with Crippen LogP contribution in [-0.4, -0.2) is 35.3 Å². The molecule has 0 bridgehead atoms. The largest absolute Gasteiger partial charge is 0.487 e. The zero-order valence-corrected chi connectivity index (χ0v) is 16.6. The van der Waals surface area contributed by atoms with Crippen LogP contribution >= 0.6 is 0 Å². The SMILES string of the molecule is Cc1c(CC(=O)N2CCC(=O)CC2)c(=O)oc2cc3c(cc12)CCC(C)(C)O3. The number of nitrogens with zero attached hydrogens (tertiary/aromatic N) is 1. The summed E-state index contributed by atoms with van der Waals surface area (Å²) >= 11 is 0. The lowest BCUT2D eigenvalue weighted by atomic mass is 9.92. The van der Waals surface area contributed by atoms with Crippen LogP contribution in [0.25, 0.3) is 11.0 Å². The lowest BCUT2D eigenvalue weighted by Crippen LogP contribution is -2.40. The Morgan fingerprint density at radius 2 is 1.86 bits per heavy atom. The van der Waals surface area contributed by atoms with Gasteiger partial charge in [0.15, 0.2) is 0 Å². The number of ketones is 1. The number of ether oxygens (including phenoxy) is 1. The fourth-order valence-electron chi connectivity index (χ4n) is 4.01. The molecular weight excluding hydrogens is 358 g/mol. The number of Topliss-reactive ketones (excluding diaryl/α,β-unsaturated/α-hetero) is 1. The van der Waals surface area contributed by atoms with Crippen LogP contribution in [0.5, 0.6) is 5.75 Å². The van der Waals surface area contributed by atoms with Gasteiger partial charge in [0.2, 0.25) is 5.91 Å². The van der Waals surface area contributed by atoms with Crippen LogP contribution in [0, 0.1) is 6.92 Å². The van der Waals surface area contributed by atoms with Crippen molar-refractivity contribution < 1.29 is 18.7 Å². The van der Waals surface area contributed by atoms with Crippen molar-refractivity contribution in [2.45, 2.75) is 58.5 Å². The molecule has 148 valence electrons. The predicted octanol–water partition coefficient (Wildman–Crippen LogP) is 2.94. The summed E-state index contributed by atoms with van der Waals surface area (Å²) in [5.74, 6) is 0.805. The lowest BCUT2D eigenvalue weighted by molar-refractivity contribution is -0.133. The van der Waals surface area contributed by atoms with Gasteiger partial charge in [-0.05, 0) is 50.8 Å². The maximum Gasteiger partial charge on any atom is 0.340 e. The molecule has 6 nitrogen and oxygen atoms in total. The minimum Gasteiger partial charge on any atom is -0.487 e. The summed E-state index contributed by atoms with van der Waals surface area (Å²) in [4.78, 5) is 38.3. The maximum absolute atomic E-state index is 12.6. The van der Waals surface area contributed by atoms with Gasteiger partial charge in [-0.2, -0.15) is 0 Å². The topological polar surface area (TPSA) is 76.8 Å². The fraction of sp³-hybridized carbons (Fsp3) is 0.500. The van der Waals surface area contributed by atoms with Gasteiger partial charge in [0, 0.05) is 37.4 Å². The Kier molecular flexibility index (Phi) is 4.52. The second-order valence-electron chi connectivity index (χ2n) is 8.41. The van der Waals surface area contributed by atoms with E-state index in [4.69, 9.17) is 9.15 Å². The monoisotopic (exact) mass is 383 g/mol. The third kappa shape index (κ3) is 3.43. The maximum atomic E-state index is 12.6. The molecule has 0 atom stereocenters. The highest BCUT2D eigenvalue weighted by atomic mass is 16.5. The van der Waals surface area contributed by atoms with Crippen molar-refractivity contribution in [3.63, 3.8) is 0 Å². The minimum atomic E-state index is -0.485. The minimum absolute atomic E-state index is 0.00108. The van der Waals surface area contributed by atoms with Crippen molar-refractivity contribution in [2.75, 3.05) is 13.1 Å². The zero-order chi connectivity index (χ0) is 20.1. The van der Waals surface area contributed by atoms with E-state index in [1.165, 1.54) is 0 Å². The van der Waals surface area contributed by atoms with E-state index in [-0.39, 0.29) is 23.7 Å². The molecule has 3 heterocycles. The first-order chi connectivity index (χ1) is 13.2. The number of carbonyl (C=O) groups excluding carboxylic acids is 2. The van der Waals surface area contributed by atoms with Gasteiger partial charge in [-0.15, -0.1) is 0 Å². The van der Waals surface area contributed by atoms with Crippen molar-refractivity contribution in [3.8, 4) is 5.75 Å². The Morgan fingerprint density at radius 1 is 1.14 bits per heavy atom. The summed E-state index contributed by atoms with van der Waals surface area (Å²) in [6.45, 7) is 6.81. The summed E-state index contributed by atoms with van der Waals surface area (Å²) in [5.41, 5.74) is 2.03. The Labute approximate surface area is 163 Å². The average molecular weight is 383 g/mol. The Bertz CT molecular complexity index is 1020. The molecule has 0 spiro atoms. The molecule has 6 heteroatoms. The van der Waals surface area contributed by atoms with Gasteiger partial charge in [-0.1, -0.05) is 0 Å². The van der Waals surface area contributed by atoms with Crippen LogP contribution in [0.4, 0.5) is 0 Å². The second-order valence-corrected chi connectivity index (χ2v) is 8.41. The van der Waals surface area contributed by atoms with Crippen LogP contribution < -0.4 is 10.4 Å². The first kappa shape index (κ1) is 18.7. The van der Waals surface area contributed by atoms with Gasteiger partial charge in [0.25, 0.3) is 0 Å². The van der Waals surface area contributed by atoms with Crippen LogP contribution in [0.1, 0.15) is 49.8 Å². The summed E-state index contributed by atoms with van der Waals surface area (Å²) < 4.78 is 11.6. The van der Waals surface area contributed by atoms with E-state index in [0.29, 0.717) is 37.1 Å². The van der Waals surface area contributed by atoms with Crippen LogP contribution in [0.2, 0.25) is 0 Å². The molecule has 2 aliphatic rings. The van der Waals surface area contributed by atoms with Gasteiger partial charge >= 0.3 is 5.63 Å². The molecule has 2 aromatic rings. The first-order valence-corrected chi connectivity index (χ1v) is 9.81. The highest BCUT2D eigenvalue weighted by Crippen LogP contribution is 2.36. The van der Waals surface area contributed by atoms with Crippen LogP contribution in [0.15, 0.2) is 21.3 Å². The van der Waals surface area contributed by atoms with E-state index in [2.05, 4.69) is 0 Å². The molecule has 1 fully saturated rings. The first-order valence-electron chi connectivity index (χ1n) is 9.81. The molecule has 0 aliphatic carbocycles. The standard InChI is InChI=1S/C22H25NO5/c1-13-16-10-14-4-7-22(2,3)28-18(14)12-19(16)27-21(26)17(13)11-20(25)23-8-5-15(24)6-9-23/h10,12H,4-9,11H2,1-3H3. The second kappa shape index (κ2) is 6.76. The van der Waals surface area contributed by atoms with Gasteiger partial charge in [0.1, 0.15) is 22.7 Å². The molecule has 1 amide bonds. The quantitative estimate of drug-likeness (QED) is 0.745. The number of hydrogen-bond donors (Lipinski definition) is 0. The highest BCUT2D eigenvalue weighted by molar-refractivity contribution is 5.87. The Hall–Kier alpha value is -2.63. The van der Waals surface area contributed by atoms with E-state index in [0.717, 1.165) is 35.1 Å². The fourth-order valence-corrected chi connectivity index (χ4v) is 4.01. The summed E-state index contributed by atoms with van der Waals surface area (Å²) in [6.07, 6.45) is 2.59. The number of aryl methyl sites for hydroxylation is 2. The van der Waals surface area contributed by atoms with Crippen molar-refractivity contribution in [1.29, 1.82) is 0 Å². The number of benzene rings is 1. The van der Waals surface area contributed by atoms with Crippen molar-refractivity contribution >= 4 is 22.7 Å². The number of hydrogen-bond acceptors (Lipinski definition) is 5. The highest BCUT2D eigenvalue weighted by Gasteiger charge is 2.28. The number of piperidine rings is 1. The molecule has 28 heavy (non-hydrogen) atoms. The third-order valence-electron chi connectivity index (χ3n) is 5.85. The smallest absolute Gasteiger partial charge is 0.340 e. The van der Waals surface area contributed by atoms with Gasteiger partial charge < -0.3 is 14.1 Å². The summed E-state index contributed by atoms with van der Waals surface area (Å²) in [7, 11) is 0. The molecule has 1 aromatic carbocycles. The van der Waals surface area contributed by atoms with E-state index < -0.39 is 5.63 Å². The molecule has 0 unspecified atom stereocenters. The molecule has 4 rings (SSSR count). The van der Waals surface area contributed by atoms with Gasteiger partial charge in [-0.3, -0.25) is 9.59 Å². The Morgan fingerprint density at radius 3 is 2.57 bits per heavy atom. The van der Waals surface area contributed by atoms with Crippen molar-refractivity contribution in [1.82, 2.24) is 4.90 Å². The molecule has 1 saturated heterocycles. The molecular formula is C22H25NO5. The molecule has 0 radical (unpaired) electrons. The van der Waals surface area contributed by atoms with E-state index in [1.54, 1.807) is 11.0 Å². The van der Waals surface area contributed by atoms with Crippen LogP contribution in [-0.2, 0) is 22.4 Å². The molecule has 0 N–H and O–H groups in total. The van der Waals surface area contributed by atoms with E-state index in [9.17, 15) is 14.4 Å². The number of amides is 1. The van der Waals surface area contributed by atoms with Crippen molar-refractivity contribution in [3.05, 3.63) is 39.2 Å². The molecule has 0 saturated carbocycles. The number of likely N-dealkylation sites (tertiary alicyclic amines) is 1. The Balaban J connectivity index is 1.67. The van der Waals surface area contributed by atoms with Gasteiger partial charge in [0.05, 0.1) is 12.0 Å². The number of fused-ring (bicyclic) bond motifs is 2. The average Bonchev–Trinajstić information content (AvgIpc) is 2.63. The molecule has 1 aromatic heterocycles. The van der Waals surface area contributed by atoms with Crippen LogP contribution in [0.3, 0.4) is 0 Å². The van der Waals surface area contributed by atoms with E-state index >= 15 is 0 Å². The van der Waals surface area contributed by atoms with Gasteiger partial charge in [-0.25, -0.2) is 4.79 Å². The van der Waals surface area contributed by atoms with E-state index in [1.807, 2.05) is 26.8 Å². The summed E-state index contributed by atoms with van der Waals surface area (Å²) in [6, 6.07) is 3.81. The lowest BCUT2D eigenvalue weighted by Gasteiger charge is -2.32. The number of carbonyl (C=O) groups is 2. The zero-order valence-electron chi connectivity index (χ0n) is 16.6. The van der Waals surface area contributed by atoms with Crippen molar-refractivity contribution in [2.24, 2.45) is 0 Å². The molecule has 2 aliphatic heterocycles.